The summed E-state index contributed by atoms with van der Waals surface area (Å²) in [6.45, 7) is 0.419. The van der Waals surface area contributed by atoms with Gasteiger partial charge < -0.3 is 14.2 Å². The second-order valence-electron chi connectivity index (χ2n) is 4.62. The van der Waals surface area contributed by atoms with E-state index < -0.39 is 0 Å². The summed E-state index contributed by atoms with van der Waals surface area (Å²) in [5.41, 5.74) is 0.765. The first-order valence-corrected chi connectivity index (χ1v) is 6.74. The number of rotatable bonds is 5. The fourth-order valence-electron chi connectivity index (χ4n) is 2.05. The molecular weight excluding hydrogens is 287 g/mol. The van der Waals surface area contributed by atoms with Gasteiger partial charge in [-0.1, -0.05) is 0 Å². The minimum Gasteiger partial charge on any atom is -0.469 e. The van der Waals surface area contributed by atoms with Crippen LogP contribution in [-0.4, -0.2) is 17.4 Å². The van der Waals surface area contributed by atoms with Gasteiger partial charge in [-0.2, -0.15) is 0 Å². The van der Waals surface area contributed by atoms with E-state index in [4.69, 9.17) is 8.83 Å². The molecule has 0 aliphatic carbocycles. The Bertz CT molecular complexity index is 748. The van der Waals surface area contributed by atoms with Crippen molar-refractivity contribution in [2.75, 3.05) is 6.54 Å². The van der Waals surface area contributed by atoms with Gasteiger partial charge in [0.2, 0.25) is 0 Å². The summed E-state index contributed by atoms with van der Waals surface area (Å²) in [7, 11) is 0. The molecule has 1 N–H and O–H groups in total. The van der Waals surface area contributed by atoms with Crippen molar-refractivity contribution in [2.24, 2.45) is 0 Å². The summed E-state index contributed by atoms with van der Waals surface area (Å²) >= 11 is 0. The average Bonchev–Trinajstić information content (AvgIpc) is 3.19. The number of hydrogen-bond donors (Lipinski definition) is 1. The van der Waals surface area contributed by atoms with Crippen molar-refractivity contribution in [3.63, 3.8) is 0 Å². The van der Waals surface area contributed by atoms with E-state index in [9.17, 15) is 9.18 Å². The minimum atomic E-state index is -0.354. The number of furan rings is 1. The quantitative estimate of drug-likeness (QED) is 0.786. The van der Waals surface area contributed by atoms with E-state index in [1.807, 2.05) is 6.07 Å². The molecule has 22 heavy (non-hydrogen) atoms. The molecule has 0 radical (unpaired) electrons. The van der Waals surface area contributed by atoms with E-state index in [1.165, 1.54) is 30.7 Å². The molecule has 1 amide bonds. The Balaban J connectivity index is 1.68. The number of benzene rings is 1. The predicted octanol–water partition coefficient (Wildman–Crippen LogP) is 3.05. The Morgan fingerprint density at radius 1 is 1.18 bits per heavy atom. The number of nitrogens with zero attached hydrogens (tertiary/aromatic N) is 1. The van der Waals surface area contributed by atoms with E-state index in [2.05, 4.69) is 10.3 Å². The number of carbonyl (C=O) groups is 1. The van der Waals surface area contributed by atoms with Crippen LogP contribution in [0, 0.1) is 5.82 Å². The maximum Gasteiger partial charge on any atom is 0.273 e. The lowest BCUT2D eigenvalue weighted by atomic mass is 10.1. The highest BCUT2D eigenvalue weighted by atomic mass is 19.1. The summed E-state index contributed by atoms with van der Waals surface area (Å²) in [6.07, 6.45) is 3.37. The van der Waals surface area contributed by atoms with Gasteiger partial charge in [0.1, 0.15) is 11.6 Å². The van der Waals surface area contributed by atoms with Gasteiger partial charge in [0.05, 0.1) is 6.26 Å². The zero-order chi connectivity index (χ0) is 15.4. The van der Waals surface area contributed by atoms with Gasteiger partial charge in [-0.3, -0.25) is 4.79 Å². The number of amides is 1. The standard InChI is InChI=1S/C16H13FN2O3/c17-12-5-3-11(4-6-12)15-14(19-10-22-15)16(20)18-8-7-13-2-1-9-21-13/h1-6,9-10H,7-8H2,(H,18,20). The molecule has 3 rings (SSSR count). The second-order valence-corrected chi connectivity index (χ2v) is 4.62. The fraction of sp³-hybridized carbons (Fsp3) is 0.125. The third kappa shape index (κ3) is 3.06. The van der Waals surface area contributed by atoms with Crippen LogP contribution in [0.2, 0.25) is 0 Å². The lowest BCUT2D eigenvalue weighted by molar-refractivity contribution is 0.0949. The molecule has 0 spiro atoms. The third-order valence-corrected chi connectivity index (χ3v) is 3.13. The normalized spacial score (nSPS) is 10.6. The van der Waals surface area contributed by atoms with Crippen molar-refractivity contribution in [3.05, 3.63) is 66.3 Å². The number of nitrogens with one attached hydrogen (secondary N) is 1. The number of halogens is 1. The number of carbonyl (C=O) groups excluding carboxylic acids is 1. The molecule has 5 nitrogen and oxygen atoms in total. The van der Waals surface area contributed by atoms with E-state index in [0.717, 1.165) is 5.76 Å². The van der Waals surface area contributed by atoms with E-state index in [1.54, 1.807) is 12.3 Å². The Hall–Kier alpha value is -2.89. The molecule has 6 heteroatoms. The van der Waals surface area contributed by atoms with Crippen LogP contribution in [0.15, 0.2) is 57.9 Å². The summed E-state index contributed by atoms with van der Waals surface area (Å²) in [4.78, 5) is 16.1. The van der Waals surface area contributed by atoms with Crippen molar-refractivity contribution in [2.45, 2.75) is 6.42 Å². The highest BCUT2D eigenvalue weighted by molar-refractivity contribution is 5.97. The van der Waals surface area contributed by atoms with E-state index in [0.29, 0.717) is 24.3 Å². The molecule has 0 saturated carbocycles. The van der Waals surface area contributed by atoms with Crippen molar-refractivity contribution < 1.29 is 18.0 Å². The largest absolute Gasteiger partial charge is 0.469 e. The van der Waals surface area contributed by atoms with Crippen LogP contribution in [0.4, 0.5) is 4.39 Å². The van der Waals surface area contributed by atoms with E-state index >= 15 is 0 Å². The lowest BCUT2D eigenvalue weighted by Crippen LogP contribution is -2.26. The first-order valence-electron chi connectivity index (χ1n) is 6.74. The molecular formula is C16H13FN2O3. The molecule has 0 unspecified atom stereocenters. The highest BCUT2D eigenvalue weighted by Crippen LogP contribution is 2.23. The van der Waals surface area contributed by atoms with E-state index in [-0.39, 0.29) is 17.4 Å². The first-order chi connectivity index (χ1) is 10.7. The van der Waals surface area contributed by atoms with Crippen LogP contribution in [-0.2, 0) is 6.42 Å². The Morgan fingerprint density at radius 3 is 2.73 bits per heavy atom. The van der Waals surface area contributed by atoms with Crippen molar-refractivity contribution in [3.8, 4) is 11.3 Å². The number of hydrogen-bond acceptors (Lipinski definition) is 4. The minimum absolute atomic E-state index is 0.172. The molecule has 0 bridgehead atoms. The molecule has 2 heterocycles. The Labute approximate surface area is 125 Å². The topological polar surface area (TPSA) is 68.3 Å². The monoisotopic (exact) mass is 300 g/mol. The average molecular weight is 300 g/mol. The highest BCUT2D eigenvalue weighted by Gasteiger charge is 2.18. The predicted molar refractivity (Wildman–Crippen MR) is 76.6 cm³/mol. The van der Waals surface area contributed by atoms with Gasteiger partial charge in [0, 0.05) is 18.5 Å². The first kappa shape index (κ1) is 14.1. The molecule has 112 valence electrons. The summed E-state index contributed by atoms with van der Waals surface area (Å²) in [5.74, 6) is 0.405. The number of aromatic nitrogens is 1. The summed E-state index contributed by atoms with van der Waals surface area (Å²) in [5, 5.41) is 2.75. The zero-order valence-corrected chi connectivity index (χ0v) is 11.6. The van der Waals surface area contributed by atoms with Crippen LogP contribution in [0.1, 0.15) is 16.2 Å². The van der Waals surface area contributed by atoms with Crippen LogP contribution >= 0.6 is 0 Å². The van der Waals surface area contributed by atoms with Crippen molar-refractivity contribution >= 4 is 5.91 Å². The maximum atomic E-state index is 13.0. The van der Waals surface area contributed by atoms with Crippen molar-refractivity contribution in [1.29, 1.82) is 0 Å². The van der Waals surface area contributed by atoms with Gasteiger partial charge in [-0.15, -0.1) is 0 Å². The lowest BCUT2D eigenvalue weighted by Gasteiger charge is -2.03. The third-order valence-electron chi connectivity index (χ3n) is 3.13. The van der Waals surface area contributed by atoms with Gasteiger partial charge in [0.15, 0.2) is 17.8 Å². The smallest absolute Gasteiger partial charge is 0.273 e. The molecule has 0 aliphatic rings. The van der Waals surface area contributed by atoms with Crippen LogP contribution in [0.3, 0.4) is 0 Å². The van der Waals surface area contributed by atoms with Gasteiger partial charge in [0.25, 0.3) is 5.91 Å². The maximum absolute atomic E-state index is 13.0. The molecule has 0 fully saturated rings. The number of oxazole rings is 1. The van der Waals surface area contributed by atoms with Gasteiger partial charge in [-0.05, 0) is 36.4 Å². The van der Waals surface area contributed by atoms with Crippen LogP contribution in [0.5, 0.6) is 0 Å². The molecule has 3 aromatic rings. The van der Waals surface area contributed by atoms with Crippen LogP contribution < -0.4 is 5.32 Å². The molecule has 1 aromatic carbocycles. The summed E-state index contributed by atoms with van der Waals surface area (Å²) in [6, 6.07) is 9.31. The van der Waals surface area contributed by atoms with Crippen LogP contribution in [0.25, 0.3) is 11.3 Å². The Morgan fingerprint density at radius 2 is 2.00 bits per heavy atom. The molecule has 0 saturated heterocycles. The zero-order valence-electron chi connectivity index (χ0n) is 11.6. The summed E-state index contributed by atoms with van der Waals surface area (Å²) < 4.78 is 23.4. The molecule has 2 aromatic heterocycles. The SMILES string of the molecule is O=C(NCCc1ccco1)c1ncoc1-c1ccc(F)cc1. The van der Waals surface area contributed by atoms with Crippen molar-refractivity contribution in [1.82, 2.24) is 10.3 Å². The second kappa shape index (κ2) is 6.26. The fourth-order valence-corrected chi connectivity index (χ4v) is 2.05. The Kier molecular flexibility index (Phi) is 4.00. The van der Waals surface area contributed by atoms with Gasteiger partial charge >= 0.3 is 0 Å². The molecule has 0 aliphatic heterocycles. The van der Waals surface area contributed by atoms with Gasteiger partial charge in [-0.25, -0.2) is 9.37 Å². The molecule has 0 atom stereocenters.